The molecule has 2 aliphatic heterocycles. The first-order valence-corrected chi connectivity index (χ1v) is 23.7. The van der Waals surface area contributed by atoms with E-state index in [1.165, 1.54) is 9.80 Å². The lowest BCUT2D eigenvalue weighted by atomic mass is 9.81. The van der Waals surface area contributed by atoms with Gasteiger partial charge in [-0.25, -0.2) is 18.4 Å². The molecule has 3 aromatic rings. The molecule has 0 N–H and O–H groups in total. The summed E-state index contributed by atoms with van der Waals surface area (Å²) in [5.74, 6) is -1.57. The van der Waals surface area contributed by atoms with E-state index < -0.39 is 51.1 Å². The third-order valence-electron chi connectivity index (χ3n) is 12.2. The number of aryl methyl sites for hydroxylation is 1. The third-order valence-corrected chi connectivity index (χ3v) is 12.5. The molecule has 19 nitrogen and oxygen atoms in total. The summed E-state index contributed by atoms with van der Waals surface area (Å²) in [4.78, 5) is 78.3. The number of methoxy groups -OCH3 is 1. The summed E-state index contributed by atoms with van der Waals surface area (Å²) in [6, 6.07) is 13.4. The molecule has 3 aromatic carbocycles. The van der Waals surface area contributed by atoms with Crippen molar-refractivity contribution >= 4 is 35.3 Å². The van der Waals surface area contributed by atoms with E-state index >= 15 is 4.79 Å². The molecule has 2 unspecified atom stereocenters. The van der Waals surface area contributed by atoms with Crippen LogP contribution < -0.4 is 9.47 Å². The summed E-state index contributed by atoms with van der Waals surface area (Å²) in [7, 11) is 1.62. The van der Waals surface area contributed by atoms with Crippen molar-refractivity contribution in [3.63, 3.8) is 0 Å². The first-order chi connectivity index (χ1) is 33.8. The lowest BCUT2D eigenvalue weighted by Crippen LogP contribution is -2.65. The molecule has 2 fully saturated rings. The lowest BCUT2D eigenvalue weighted by Gasteiger charge is -2.50. The summed E-state index contributed by atoms with van der Waals surface area (Å²) in [5.41, 5.74) is 4.33. The fourth-order valence-electron chi connectivity index (χ4n) is 8.48. The van der Waals surface area contributed by atoms with Crippen LogP contribution in [0.5, 0.6) is 11.5 Å². The highest BCUT2D eigenvalue weighted by molar-refractivity contribution is 6.32. The van der Waals surface area contributed by atoms with E-state index in [2.05, 4.69) is 9.68 Å². The van der Waals surface area contributed by atoms with Crippen LogP contribution in [0.4, 0.5) is 18.4 Å². The van der Waals surface area contributed by atoms with Crippen LogP contribution in [0, 0.1) is 38.8 Å². The van der Waals surface area contributed by atoms with Gasteiger partial charge < -0.3 is 43.2 Å². The van der Waals surface area contributed by atoms with E-state index in [4.69, 9.17) is 35.3 Å². The van der Waals surface area contributed by atoms with Gasteiger partial charge in [0, 0.05) is 51.4 Å². The van der Waals surface area contributed by atoms with E-state index in [0.29, 0.717) is 49.4 Å². The molecule has 2 atom stereocenters. The number of unbranched alkanes of at least 4 members (excludes halogenated alkanes) is 2. The molecular formula is C48H58ClF2N5O14. The fraction of sp³-hybridized carbons (Fsp3) is 0.521. The number of ether oxygens (including phenoxy) is 5. The van der Waals surface area contributed by atoms with E-state index in [9.17, 15) is 38.6 Å². The highest BCUT2D eigenvalue weighted by Gasteiger charge is 2.50. The van der Waals surface area contributed by atoms with Gasteiger partial charge in [0.15, 0.2) is 11.6 Å². The SMILES string of the molecule is COCCCOc1cccc(CN(C(=O)C2=C(c3ccc(CCCOc4c(F)ccc(F)c4Cl)cc3)CC3CN(C(=O)OCCCCO[N+](=O)[O-])CC2N3C(=O)OCCCCO[N+](=O)[O-])C2CC2)c1C. The molecule has 3 amide bonds. The number of hydrogen-bond acceptors (Lipinski definition) is 14. The molecule has 1 saturated heterocycles. The normalized spacial score (nSPS) is 16.4. The summed E-state index contributed by atoms with van der Waals surface area (Å²) in [6.45, 7) is 2.60. The number of piperazine rings is 1. The minimum absolute atomic E-state index is 0.0211. The van der Waals surface area contributed by atoms with Gasteiger partial charge in [-0.2, -0.15) is 0 Å². The van der Waals surface area contributed by atoms with Gasteiger partial charge in [-0.3, -0.25) is 9.69 Å². The Bertz CT molecular complexity index is 2340. The van der Waals surface area contributed by atoms with Crippen LogP contribution in [0.1, 0.15) is 80.0 Å². The van der Waals surface area contributed by atoms with E-state index in [1.54, 1.807) is 7.11 Å². The predicted octanol–water partition coefficient (Wildman–Crippen LogP) is 8.31. The summed E-state index contributed by atoms with van der Waals surface area (Å²) in [6.07, 6.45) is 2.92. The van der Waals surface area contributed by atoms with Crippen molar-refractivity contribution in [1.82, 2.24) is 14.7 Å². The van der Waals surface area contributed by atoms with Crippen molar-refractivity contribution in [1.29, 1.82) is 0 Å². The molecular weight excluding hydrogens is 944 g/mol. The summed E-state index contributed by atoms with van der Waals surface area (Å²) in [5, 5.41) is 19.0. The molecule has 3 aliphatic rings. The zero-order valence-corrected chi connectivity index (χ0v) is 39.9. The smallest absolute Gasteiger partial charge is 0.410 e. The number of amides is 3. The summed E-state index contributed by atoms with van der Waals surface area (Å²) < 4.78 is 56.4. The molecule has 0 spiro atoms. The van der Waals surface area contributed by atoms with Crippen LogP contribution in [0.3, 0.4) is 0 Å². The van der Waals surface area contributed by atoms with Crippen molar-refractivity contribution in [2.24, 2.45) is 0 Å². The first kappa shape index (κ1) is 52.9. The van der Waals surface area contributed by atoms with E-state index in [0.717, 1.165) is 47.2 Å². The van der Waals surface area contributed by atoms with Gasteiger partial charge in [-0.1, -0.05) is 48.0 Å². The van der Waals surface area contributed by atoms with Gasteiger partial charge in [0.25, 0.3) is 16.1 Å². The monoisotopic (exact) mass is 1000 g/mol. The maximum Gasteiger partial charge on any atom is 0.410 e. The van der Waals surface area contributed by atoms with Crippen molar-refractivity contribution in [3.8, 4) is 11.5 Å². The standard InChI is InChI=1S/C48H58ClF2N5O14/c1-32-35(11-7-12-42(32)65-25-9-21-64-2)29-53(36-17-18-36)46(57)43-38(34-15-13-33(14-16-34)10-8-24-66-45-40(51)20-19-39(50)44(45)49)28-37-30-52(47(58)67-22-3-5-26-69-55(60)61)31-41(43)54(37)48(59)68-23-4-6-27-70-56(62)63/h7,11-16,19-20,36-37,41H,3-6,8-10,17-18,21-31H2,1-2H3. The minimum Gasteiger partial charge on any atom is -0.493 e. The number of nitrogens with zero attached hydrogens (tertiary/aromatic N) is 5. The Morgan fingerprint density at radius 3 is 2.07 bits per heavy atom. The van der Waals surface area contributed by atoms with E-state index in [1.807, 2.05) is 54.3 Å². The average Bonchev–Trinajstić information content (AvgIpc) is 4.18. The number of benzene rings is 3. The molecule has 70 heavy (non-hydrogen) atoms. The van der Waals surface area contributed by atoms with Crippen molar-refractivity contribution in [2.75, 3.05) is 66.4 Å². The van der Waals surface area contributed by atoms with Gasteiger partial charge in [0.05, 0.1) is 51.7 Å². The molecule has 1 aliphatic carbocycles. The van der Waals surface area contributed by atoms with Crippen LogP contribution in [0.2, 0.25) is 5.02 Å². The third kappa shape index (κ3) is 14.5. The van der Waals surface area contributed by atoms with Crippen LogP contribution in [-0.4, -0.2) is 128 Å². The summed E-state index contributed by atoms with van der Waals surface area (Å²) >= 11 is 5.94. The Morgan fingerprint density at radius 2 is 1.41 bits per heavy atom. The van der Waals surface area contributed by atoms with Gasteiger partial charge in [-0.05, 0) is 111 Å². The van der Waals surface area contributed by atoms with E-state index in [-0.39, 0.29) is 102 Å². The van der Waals surface area contributed by atoms with Gasteiger partial charge in [-0.15, -0.1) is 20.2 Å². The lowest BCUT2D eigenvalue weighted by molar-refractivity contribution is -0.757. The first-order valence-electron chi connectivity index (χ1n) is 23.3. The minimum atomic E-state index is -1.01. The quantitative estimate of drug-likeness (QED) is 0.0304. The second kappa shape index (κ2) is 25.9. The molecule has 0 radical (unpaired) electrons. The molecule has 2 heterocycles. The Kier molecular flexibility index (Phi) is 19.6. The molecule has 22 heteroatoms. The molecule has 0 aromatic heterocycles. The zero-order valence-electron chi connectivity index (χ0n) is 39.2. The second-order valence-electron chi connectivity index (χ2n) is 17.1. The Balaban J connectivity index is 1.31. The van der Waals surface area contributed by atoms with Crippen LogP contribution in [0.15, 0.2) is 60.2 Å². The van der Waals surface area contributed by atoms with Crippen LogP contribution >= 0.6 is 11.6 Å². The second-order valence-corrected chi connectivity index (χ2v) is 17.4. The maximum absolute atomic E-state index is 15.6. The largest absolute Gasteiger partial charge is 0.493 e. The van der Waals surface area contributed by atoms with Crippen LogP contribution in [0.25, 0.3) is 5.57 Å². The maximum atomic E-state index is 15.6. The van der Waals surface area contributed by atoms with Crippen LogP contribution in [-0.2, 0) is 41.6 Å². The van der Waals surface area contributed by atoms with Gasteiger partial charge in [0.2, 0.25) is 0 Å². The number of rotatable bonds is 27. The Morgan fingerprint density at radius 1 is 0.771 bits per heavy atom. The van der Waals surface area contributed by atoms with Crippen molar-refractivity contribution in [2.45, 2.75) is 95.8 Å². The number of halogens is 3. The number of hydrogen-bond donors (Lipinski definition) is 0. The molecule has 1 saturated carbocycles. The van der Waals surface area contributed by atoms with Gasteiger partial charge in [0.1, 0.15) is 16.6 Å². The van der Waals surface area contributed by atoms with Crippen molar-refractivity contribution in [3.05, 3.63) is 119 Å². The number of carbonyl (C=O) groups is 3. The Hall–Kier alpha value is -6.48. The Labute approximate surface area is 408 Å². The number of fused-ring (bicyclic) bond motifs is 2. The zero-order chi connectivity index (χ0) is 50.2. The predicted molar refractivity (Wildman–Crippen MR) is 248 cm³/mol. The average molecular weight is 1000 g/mol. The highest BCUT2D eigenvalue weighted by Crippen LogP contribution is 2.42. The van der Waals surface area contributed by atoms with Crippen molar-refractivity contribution < 1.29 is 66.7 Å². The molecule has 2 bridgehead atoms. The fourth-order valence-corrected chi connectivity index (χ4v) is 8.69. The van der Waals surface area contributed by atoms with Gasteiger partial charge >= 0.3 is 12.2 Å². The molecule has 6 rings (SSSR count). The number of carbonyl (C=O) groups excluding carboxylic acids is 3. The highest BCUT2D eigenvalue weighted by atomic mass is 35.5. The molecule has 380 valence electrons. The topological polar surface area (TPSA) is 212 Å².